The number of aryl methyl sites for hydroxylation is 1. The van der Waals surface area contributed by atoms with E-state index in [0.717, 1.165) is 11.3 Å². The Morgan fingerprint density at radius 1 is 1.19 bits per heavy atom. The van der Waals surface area contributed by atoms with Crippen LogP contribution in [0, 0.1) is 6.92 Å². The maximum atomic E-state index is 4.28. The largest absolute Gasteiger partial charge is 0.261 e. The molecule has 0 atom stereocenters. The zero-order valence-electron chi connectivity index (χ0n) is 10.7. The lowest BCUT2D eigenvalue weighted by Gasteiger charge is -1.99. The highest BCUT2D eigenvalue weighted by molar-refractivity contribution is 5.99. The number of aliphatic imine (C=N–C) groups is 1. The van der Waals surface area contributed by atoms with Crippen molar-refractivity contribution < 1.29 is 0 Å². The second-order valence-corrected chi connectivity index (χ2v) is 3.16. The highest BCUT2D eigenvalue weighted by atomic mass is 14.7. The first-order valence-electron chi connectivity index (χ1n) is 5.63. The molecule has 1 heteroatoms. The van der Waals surface area contributed by atoms with Crippen molar-refractivity contribution in [1.29, 1.82) is 0 Å². The molecule has 1 aromatic carbocycles. The van der Waals surface area contributed by atoms with Crippen molar-refractivity contribution in [1.82, 2.24) is 0 Å². The molecule has 0 aliphatic carbocycles. The third kappa shape index (κ3) is 5.30. The summed E-state index contributed by atoms with van der Waals surface area (Å²) in [6, 6.07) is 8.34. The van der Waals surface area contributed by atoms with Gasteiger partial charge in [0.15, 0.2) is 0 Å². The SMILES string of the molecule is C=C/C=C\N=C(C)c1ccc(C)cc1.CC. The lowest BCUT2D eigenvalue weighted by atomic mass is 10.1. The topological polar surface area (TPSA) is 12.4 Å². The van der Waals surface area contributed by atoms with Gasteiger partial charge in [0.25, 0.3) is 0 Å². The second kappa shape index (κ2) is 8.66. The zero-order valence-corrected chi connectivity index (χ0v) is 10.7. The average molecular weight is 215 g/mol. The Labute approximate surface area is 99.2 Å². The minimum atomic E-state index is 1.02. The Morgan fingerprint density at radius 2 is 1.75 bits per heavy atom. The van der Waals surface area contributed by atoms with Crippen LogP contribution in [0.5, 0.6) is 0 Å². The molecule has 0 aliphatic heterocycles. The smallest absolute Gasteiger partial charge is 0.0444 e. The first kappa shape index (κ1) is 14.4. The summed E-state index contributed by atoms with van der Waals surface area (Å²) >= 11 is 0. The van der Waals surface area contributed by atoms with Crippen LogP contribution in [0.1, 0.15) is 31.9 Å². The maximum absolute atomic E-state index is 4.28. The third-order valence-electron chi connectivity index (χ3n) is 1.96. The fourth-order valence-corrected chi connectivity index (χ4v) is 1.08. The van der Waals surface area contributed by atoms with Crippen molar-refractivity contribution in [2.45, 2.75) is 27.7 Å². The van der Waals surface area contributed by atoms with Gasteiger partial charge in [0.05, 0.1) is 0 Å². The molecule has 1 rings (SSSR count). The maximum Gasteiger partial charge on any atom is 0.0444 e. The normalized spacial score (nSPS) is 10.9. The summed E-state index contributed by atoms with van der Waals surface area (Å²) in [5.41, 5.74) is 3.44. The van der Waals surface area contributed by atoms with Gasteiger partial charge in [0, 0.05) is 11.9 Å². The van der Waals surface area contributed by atoms with E-state index in [4.69, 9.17) is 0 Å². The van der Waals surface area contributed by atoms with Gasteiger partial charge in [-0.25, -0.2) is 0 Å². The molecule has 0 bridgehead atoms. The molecular formula is C15H21N. The molecule has 0 radical (unpaired) electrons. The van der Waals surface area contributed by atoms with E-state index in [-0.39, 0.29) is 0 Å². The summed E-state index contributed by atoms with van der Waals surface area (Å²) in [6.07, 6.45) is 5.28. The van der Waals surface area contributed by atoms with E-state index in [1.54, 1.807) is 12.3 Å². The lowest BCUT2D eigenvalue weighted by Crippen LogP contribution is -1.92. The van der Waals surface area contributed by atoms with Crippen molar-refractivity contribution in [3.05, 3.63) is 60.3 Å². The van der Waals surface area contributed by atoms with Gasteiger partial charge in [-0.1, -0.05) is 56.3 Å². The van der Waals surface area contributed by atoms with E-state index in [1.807, 2.05) is 26.8 Å². The van der Waals surface area contributed by atoms with Crippen molar-refractivity contribution >= 4 is 5.71 Å². The third-order valence-corrected chi connectivity index (χ3v) is 1.96. The number of allylic oxidation sites excluding steroid dienone is 2. The fourth-order valence-electron chi connectivity index (χ4n) is 1.08. The molecule has 0 aliphatic rings. The van der Waals surface area contributed by atoms with Crippen LogP contribution in [-0.2, 0) is 0 Å². The Morgan fingerprint density at radius 3 is 2.25 bits per heavy atom. The average Bonchev–Trinajstić information content (AvgIpc) is 2.33. The van der Waals surface area contributed by atoms with Crippen LogP contribution < -0.4 is 0 Å². The summed E-state index contributed by atoms with van der Waals surface area (Å²) < 4.78 is 0. The van der Waals surface area contributed by atoms with Crippen LogP contribution in [0.2, 0.25) is 0 Å². The molecule has 16 heavy (non-hydrogen) atoms. The van der Waals surface area contributed by atoms with Gasteiger partial charge in [-0.3, -0.25) is 4.99 Å². The molecule has 0 saturated carbocycles. The van der Waals surface area contributed by atoms with Crippen LogP contribution in [0.25, 0.3) is 0 Å². The molecule has 1 nitrogen and oxygen atoms in total. The molecule has 86 valence electrons. The molecule has 0 amide bonds. The van der Waals surface area contributed by atoms with Crippen LogP contribution in [0.3, 0.4) is 0 Å². The molecule has 0 N–H and O–H groups in total. The second-order valence-electron chi connectivity index (χ2n) is 3.16. The van der Waals surface area contributed by atoms with Crippen molar-refractivity contribution in [3.8, 4) is 0 Å². The van der Waals surface area contributed by atoms with Gasteiger partial charge in [0.1, 0.15) is 0 Å². The number of hydrogen-bond acceptors (Lipinski definition) is 1. The monoisotopic (exact) mass is 215 g/mol. The van der Waals surface area contributed by atoms with Gasteiger partial charge in [-0.15, -0.1) is 0 Å². The molecule has 0 heterocycles. The Hall–Kier alpha value is -1.63. The van der Waals surface area contributed by atoms with E-state index in [1.165, 1.54) is 5.56 Å². The molecule has 1 aromatic rings. The number of rotatable bonds is 3. The fraction of sp³-hybridized carbons (Fsp3) is 0.267. The molecular weight excluding hydrogens is 194 g/mol. The minimum absolute atomic E-state index is 1.02. The van der Waals surface area contributed by atoms with E-state index >= 15 is 0 Å². The van der Waals surface area contributed by atoms with E-state index in [2.05, 4.69) is 42.8 Å². The molecule has 0 spiro atoms. The Bertz CT molecular complexity index is 356. The Kier molecular flexibility index (Phi) is 7.78. The minimum Gasteiger partial charge on any atom is -0.261 e. The number of benzene rings is 1. The summed E-state index contributed by atoms with van der Waals surface area (Å²) in [5, 5.41) is 0. The number of nitrogens with zero attached hydrogens (tertiary/aromatic N) is 1. The van der Waals surface area contributed by atoms with E-state index in [9.17, 15) is 0 Å². The molecule has 0 fully saturated rings. The Balaban J connectivity index is 0.00000106. The predicted octanol–water partition coefficient (Wildman–Crippen LogP) is 4.53. The predicted molar refractivity (Wildman–Crippen MR) is 74.1 cm³/mol. The summed E-state index contributed by atoms with van der Waals surface area (Å²) in [7, 11) is 0. The van der Waals surface area contributed by atoms with Crippen molar-refractivity contribution in [3.63, 3.8) is 0 Å². The first-order valence-corrected chi connectivity index (χ1v) is 5.63. The van der Waals surface area contributed by atoms with Crippen LogP contribution in [-0.4, -0.2) is 5.71 Å². The van der Waals surface area contributed by atoms with Crippen LogP contribution >= 0.6 is 0 Å². The summed E-state index contributed by atoms with van der Waals surface area (Å²) in [5.74, 6) is 0. The van der Waals surface area contributed by atoms with E-state index < -0.39 is 0 Å². The summed E-state index contributed by atoms with van der Waals surface area (Å²) in [6.45, 7) is 11.7. The standard InChI is InChI=1S/C13H15N.C2H6/c1-4-5-10-14-12(3)13-8-6-11(2)7-9-13;1-2/h4-10H,1H2,2-3H3;1-2H3/b10-5-,14-12?;. The first-order chi connectivity index (χ1) is 7.74. The molecule has 0 aromatic heterocycles. The van der Waals surface area contributed by atoms with Gasteiger partial charge < -0.3 is 0 Å². The van der Waals surface area contributed by atoms with Crippen LogP contribution in [0.15, 0.2) is 54.2 Å². The van der Waals surface area contributed by atoms with Crippen molar-refractivity contribution in [2.75, 3.05) is 0 Å². The van der Waals surface area contributed by atoms with Crippen LogP contribution in [0.4, 0.5) is 0 Å². The van der Waals surface area contributed by atoms with Gasteiger partial charge in [0.2, 0.25) is 0 Å². The van der Waals surface area contributed by atoms with E-state index in [0.29, 0.717) is 0 Å². The highest BCUT2D eigenvalue weighted by Crippen LogP contribution is 2.04. The highest BCUT2D eigenvalue weighted by Gasteiger charge is 1.94. The molecule has 0 saturated heterocycles. The van der Waals surface area contributed by atoms with Crippen molar-refractivity contribution in [2.24, 2.45) is 4.99 Å². The van der Waals surface area contributed by atoms with Gasteiger partial charge >= 0.3 is 0 Å². The lowest BCUT2D eigenvalue weighted by molar-refractivity contribution is 1.44. The van der Waals surface area contributed by atoms with Gasteiger partial charge in [-0.2, -0.15) is 0 Å². The zero-order chi connectivity index (χ0) is 12.4. The van der Waals surface area contributed by atoms with Gasteiger partial charge in [-0.05, 0) is 25.5 Å². The quantitative estimate of drug-likeness (QED) is 0.519. The summed E-state index contributed by atoms with van der Waals surface area (Å²) in [4.78, 5) is 4.28. The number of hydrogen-bond donors (Lipinski definition) is 0. The molecule has 0 unspecified atom stereocenters.